The smallest absolute Gasteiger partial charge is 0.258 e. The van der Waals surface area contributed by atoms with Crippen molar-refractivity contribution >= 4 is 35.0 Å². The van der Waals surface area contributed by atoms with E-state index in [1.165, 1.54) is 50.1 Å². The van der Waals surface area contributed by atoms with E-state index in [2.05, 4.69) is 136 Å². The minimum absolute atomic E-state index is 0.0877. The van der Waals surface area contributed by atoms with Crippen LogP contribution >= 0.6 is 11.6 Å². The number of aromatic nitrogens is 9. The summed E-state index contributed by atoms with van der Waals surface area (Å²) in [5.74, 6) is 2.38. The number of nitrogens with two attached hydrogens (primary N) is 3. The van der Waals surface area contributed by atoms with Gasteiger partial charge in [-0.05, 0) is 208 Å². The van der Waals surface area contributed by atoms with Crippen LogP contribution in [0.15, 0.2) is 116 Å². The summed E-state index contributed by atoms with van der Waals surface area (Å²) in [5.41, 5.74) is 37.9. The zero-order valence-electron chi connectivity index (χ0n) is 53.9. The topological polar surface area (TPSA) is 270 Å². The van der Waals surface area contributed by atoms with Gasteiger partial charge in [0.1, 0.15) is 25.0 Å². The number of likely N-dealkylation sites (N-methyl/N-ethyl adjacent to an activating group) is 2. The molecule has 0 spiro atoms. The van der Waals surface area contributed by atoms with Crippen LogP contribution in [0.5, 0.6) is 23.5 Å². The molecule has 21 nitrogen and oxygen atoms in total. The van der Waals surface area contributed by atoms with Crippen molar-refractivity contribution in [2.45, 2.75) is 112 Å². The Kier molecular flexibility index (Phi) is 21.2. The highest BCUT2D eigenvalue weighted by molar-refractivity contribution is 6.29. The molecule has 3 aliphatic heterocycles. The Bertz CT molecular complexity index is 4080. The number of hydrogen-bond acceptors (Lipinski definition) is 20. The fraction of sp³-hybridized carbons (Fsp3) is 0.343. The molecular weight excluding hydrogens is 1180 g/mol. The molecule has 0 fully saturated rings. The molecule has 1 amide bonds. The minimum Gasteiger partial charge on any atom is -0.481 e. The van der Waals surface area contributed by atoms with Crippen LogP contribution in [0.2, 0.25) is 5.15 Å². The SMILES string of the molecule is COc1cc(COc2nc(-c3cc(C)c4c(c3)CN(C)CC4)cnc2N)ccn1.Cc1cc(-c2cnc(N)c(OCc3ccnc(Cl)c3)n2)cc2c1CCN(C)C2.Cc1cc(-c2cnc(N)c(OCc3ccncc3)n2)cc2c1CCN(CCC(=O)NC(C)(C)C)C2. The lowest BCUT2D eigenvalue weighted by atomic mass is 9.92. The van der Waals surface area contributed by atoms with Gasteiger partial charge in [0, 0.05) is 105 Å². The molecule has 0 radical (unpaired) electrons. The van der Waals surface area contributed by atoms with Crippen LogP contribution in [0.4, 0.5) is 17.5 Å². The first-order valence-electron chi connectivity index (χ1n) is 30.7. The van der Waals surface area contributed by atoms with E-state index < -0.39 is 0 Å². The molecule has 0 atom stereocenters. The number of ether oxygens (including phenoxy) is 4. The quantitative estimate of drug-likeness (QED) is 0.0655. The Morgan fingerprint density at radius 2 is 0.978 bits per heavy atom. The van der Waals surface area contributed by atoms with E-state index in [0.29, 0.717) is 54.9 Å². The highest BCUT2D eigenvalue weighted by atomic mass is 35.5. The lowest BCUT2D eigenvalue weighted by molar-refractivity contribution is -0.122. The van der Waals surface area contributed by atoms with Gasteiger partial charge in [0.25, 0.3) is 17.6 Å². The van der Waals surface area contributed by atoms with Gasteiger partial charge < -0.3 is 51.3 Å². The Labute approximate surface area is 543 Å². The molecule has 12 rings (SSSR count). The Hall–Kier alpha value is -9.41. The second-order valence-corrected chi connectivity index (χ2v) is 25.0. The zero-order valence-corrected chi connectivity index (χ0v) is 54.6. The first-order chi connectivity index (χ1) is 44.2. The summed E-state index contributed by atoms with van der Waals surface area (Å²) in [4.78, 5) is 58.2. The minimum atomic E-state index is -0.210. The number of benzene rings is 3. The normalized spacial score (nSPS) is 13.8. The fourth-order valence-electron chi connectivity index (χ4n) is 11.5. The predicted octanol–water partition coefficient (Wildman–Crippen LogP) is 10.3. The highest BCUT2D eigenvalue weighted by Crippen LogP contribution is 2.34. The molecule has 9 heterocycles. The molecule has 0 unspecified atom stereocenters. The van der Waals surface area contributed by atoms with Crippen LogP contribution in [0.25, 0.3) is 33.8 Å². The molecule has 0 aliphatic carbocycles. The average molecular weight is 1260 g/mol. The number of carbonyl (C=O) groups excluding carboxylic acids is 1. The van der Waals surface area contributed by atoms with Crippen LogP contribution in [-0.4, -0.2) is 118 Å². The van der Waals surface area contributed by atoms with E-state index in [9.17, 15) is 4.79 Å². The molecule has 0 saturated heterocycles. The summed E-state index contributed by atoms with van der Waals surface area (Å²) in [6.45, 7) is 19.9. The summed E-state index contributed by atoms with van der Waals surface area (Å²) in [7, 11) is 5.87. The number of methoxy groups -OCH3 is 1. The molecule has 92 heavy (non-hydrogen) atoms. The van der Waals surface area contributed by atoms with Crippen molar-refractivity contribution in [3.8, 4) is 57.3 Å². The number of hydrogen-bond donors (Lipinski definition) is 4. The molecule has 7 N–H and O–H groups in total. The zero-order chi connectivity index (χ0) is 65.1. The van der Waals surface area contributed by atoms with Crippen molar-refractivity contribution in [3.05, 3.63) is 188 Å². The fourth-order valence-corrected chi connectivity index (χ4v) is 11.7. The van der Waals surface area contributed by atoms with Crippen molar-refractivity contribution in [3.63, 3.8) is 0 Å². The van der Waals surface area contributed by atoms with Gasteiger partial charge in [-0.25, -0.2) is 39.9 Å². The van der Waals surface area contributed by atoms with Gasteiger partial charge in [0.2, 0.25) is 11.8 Å². The number of nitrogen functional groups attached to an aromatic ring is 3. The van der Waals surface area contributed by atoms with Crippen LogP contribution < -0.4 is 41.5 Å². The van der Waals surface area contributed by atoms with E-state index in [1.807, 2.05) is 51.1 Å². The summed E-state index contributed by atoms with van der Waals surface area (Å²) in [6.07, 6.45) is 15.5. The lowest BCUT2D eigenvalue weighted by Gasteiger charge is -2.30. The molecule has 3 aromatic carbocycles. The van der Waals surface area contributed by atoms with Gasteiger partial charge in [-0.1, -0.05) is 11.6 Å². The van der Waals surface area contributed by atoms with Crippen molar-refractivity contribution in [2.75, 3.05) is 64.6 Å². The Morgan fingerprint density at radius 1 is 0.554 bits per heavy atom. The molecule has 3 aliphatic rings. The van der Waals surface area contributed by atoms with Gasteiger partial charge in [-0.2, -0.15) is 0 Å². The van der Waals surface area contributed by atoms with E-state index in [4.69, 9.17) is 47.7 Å². The summed E-state index contributed by atoms with van der Waals surface area (Å²) in [5, 5.41) is 3.46. The summed E-state index contributed by atoms with van der Waals surface area (Å²) >= 11 is 5.92. The van der Waals surface area contributed by atoms with Gasteiger partial charge >= 0.3 is 0 Å². The van der Waals surface area contributed by atoms with Gasteiger partial charge in [0.05, 0.1) is 42.8 Å². The maximum atomic E-state index is 12.3. The molecule has 478 valence electrons. The van der Waals surface area contributed by atoms with Crippen molar-refractivity contribution < 1.29 is 23.7 Å². The first-order valence-corrected chi connectivity index (χ1v) is 31.1. The highest BCUT2D eigenvalue weighted by Gasteiger charge is 2.24. The maximum Gasteiger partial charge on any atom is 0.258 e. The van der Waals surface area contributed by atoms with Crippen LogP contribution in [0, 0.1) is 20.8 Å². The van der Waals surface area contributed by atoms with Crippen LogP contribution in [-0.2, 0) is 63.5 Å². The first kappa shape index (κ1) is 65.5. The number of nitrogens with zero attached hydrogens (tertiary/aromatic N) is 12. The second kappa shape index (κ2) is 29.7. The van der Waals surface area contributed by atoms with Crippen molar-refractivity contribution in [1.82, 2.24) is 64.9 Å². The van der Waals surface area contributed by atoms with E-state index in [0.717, 1.165) is 116 Å². The summed E-state index contributed by atoms with van der Waals surface area (Å²) < 4.78 is 22.7. The molecule has 22 heteroatoms. The molecule has 6 aromatic heterocycles. The van der Waals surface area contributed by atoms with Gasteiger partial charge in [-0.3, -0.25) is 14.7 Å². The van der Waals surface area contributed by atoms with Gasteiger partial charge in [-0.15, -0.1) is 0 Å². The number of halogens is 1. The third-order valence-electron chi connectivity index (χ3n) is 16.2. The number of anilines is 3. The number of fused-ring (bicyclic) bond motifs is 3. The average Bonchev–Trinajstić information content (AvgIpc) is 0.827. The molecular formula is C70H81ClN16O5. The Balaban J connectivity index is 0.000000152. The van der Waals surface area contributed by atoms with Crippen LogP contribution in [0.1, 0.15) is 94.0 Å². The van der Waals surface area contributed by atoms with Crippen molar-refractivity contribution in [1.29, 1.82) is 0 Å². The molecule has 9 aromatic rings. The standard InChI is InChI=1S/C27H34N6O2.C22H25N5O2.C21H22ClN5O/c1-18-13-20(23-15-30-25(28)26(31-23)35-17-19-5-9-29-10-6-19)14-21-16-33(11-7-22(18)21)12-8-24(34)32-27(2,3)4;1-14-8-16(10-17-12-27(2)7-5-18(14)17)19-11-25-21(23)22(26-19)29-13-15-4-6-24-20(9-15)28-3;1-13-7-15(9-16-11-27(2)6-4-17(13)16)18-10-25-20(23)21(26-18)28-12-14-3-5-24-19(22)8-14/h5-6,9-10,13-15H,7-8,11-12,16-17H2,1-4H3,(H2,28,30)(H,32,34);4,6,8-11H,5,7,12-13H2,1-3H3,(H2,23,25);3,5,7-10H,4,6,11-12H2,1-2H3,(H2,23,25). The Morgan fingerprint density at radius 3 is 1.43 bits per heavy atom. The van der Waals surface area contributed by atoms with E-state index in [1.54, 1.807) is 56.6 Å². The largest absolute Gasteiger partial charge is 0.481 e. The third-order valence-corrected chi connectivity index (χ3v) is 16.4. The van der Waals surface area contributed by atoms with E-state index >= 15 is 0 Å². The number of nitrogens with one attached hydrogen (secondary N) is 1. The van der Waals surface area contributed by atoms with E-state index in [-0.39, 0.29) is 28.9 Å². The second-order valence-electron chi connectivity index (χ2n) is 24.6. The van der Waals surface area contributed by atoms with Crippen LogP contribution in [0.3, 0.4) is 0 Å². The molecule has 0 saturated carbocycles. The number of carbonyl (C=O) groups is 1. The summed E-state index contributed by atoms with van der Waals surface area (Å²) in [6, 6.07) is 24.1. The molecule has 0 bridgehead atoms. The van der Waals surface area contributed by atoms with Gasteiger partial charge in [0.15, 0.2) is 17.5 Å². The number of amides is 1. The third kappa shape index (κ3) is 17.3. The number of rotatable bonds is 16. The lowest BCUT2D eigenvalue weighted by Crippen LogP contribution is -2.42. The monoisotopic (exact) mass is 1260 g/mol. The maximum absolute atomic E-state index is 12.3. The number of pyridine rings is 3. The predicted molar refractivity (Wildman–Crippen MR) is 359 cm³/mol. The van der Waals surface area contributed by atoms with Crippen molar-refractivity contribution in [2.24, 2.45) is 0 Å². The number of aryl methyl sites for hydroxylation is 3.